The highest BCUT2D eigenvalue weighted by molar-refractivity contribution is 6.32. The second-order valence-electron chi connectivity index (χ2n) is 15.0. The van der Waals surface area contributed by atoms with Crippen molar-refractivity contribution in [1.82, 2.24) is 24.9 Å². The lowest BCUT2D eigenvalue weighted by Gasteiger charge is -2.32. The molecule has 1 amide bonds. The van der Waals surface area contributed by atoms with E-state index in [9.17, 15) is 4.79 Å². The molecule has 1 N–H and O–H groups in total. The molecule has 1 aliphatic rings. The second-order valence-corrected chi connectivity index (χ2v) is 15.4. The molecule has 1 saturated heterocycles. The summed E-state index contributed by atoms with van der Waals surface area (Å²) in [6.07, 6.45) is 1.08. The molecule has 1 aliphatic heterocycles. The first-order chi connectivity index (χ1) is 27.5. The first kappa shape index (κ1) is 44.3. The van der Waals surface area contributed by atoms with Gasteiger partial charge in [-0.1, -0.05) is 28.9 Å². The molecule has 0 bridgehead atoms. The number of morpholine rings is 1. The molecule has 2 aromatic carbocycles. The van der Waals surface area contributed by atoms with Crippen LogP contribution in [-0.4, -0.2) is 130 Å². The highest BCUT2D eigenvalue weighted by atomic mass is 35.5. The van der Waals surface area contributed by atoms with Gasteiger partial charge in [0, 0.05) is 44.2 Å². The minimum atomic E-state index is -0.521. The van der Waals surface area contributed by atoms with Gasteiger partial charge in [0.15, 0.2) is 0 Å². The zero-order valence-electron chi connectivity index (χ0n) is 34.4. The van der Waals surface area contributed by atoms with Crippen molar-refractivity contribution in [1.29, 1.82) is 0 Å². The Hall–Kier alpha value is -3.76. The minimum absolute atomic E-state index is 0.334. The van der Waals surface area contributed by atoms with Gasteiger partial charge in [-0.2, -0.15) is 0 Å². The summed E-state index contributed by atoms with van der Waals surface area (Å²) in [4.78, 5) is 19.3. The fraction of sp³-hybridized carbons (Fsp3) is 0.595. The number of fused-ring (bicyclic) bond motifs is 1. The Morgan fingerprint density at radius 2 is 1.56 bits per heavy atom. The number of amides is 1. The quantitative estimate of drug-likeness (QED) is 0.0825. The molecular weight excluding hydrogens is 754 g/mol. The lowest BCUT2D eigenvalue weighted by atomic mass is 10.0. The van der Waals surface area contributed by atoms with Gasteiger partial charge in [0.1, 0.15) is 29.5 Å². The standard InChI is InChI=1S/C42H60ClN5O9/c1-30(47-14-17-51-18-15-47)29-48-37-10-9-34(40-31(2)46-57-32(40)3)28-36(37)45-39(48)12-8-33-7-11-38(35(43)27-33)55-26-25-54-24-23-53-22-21-52-20-19-50-16-13-44-41(49)56-42(4,5)6/h7,9-11,27-28,30H,8,12-26,29H2,1-6H3,(H,44,49). The molecule has 1 fully saturated rings. The zero-order valence-corrected chi connectivity index (χ0v) is 35.2. The van der Waals surface area contributed by atoms with Gasteiger partial charge in [-0.05, 0) is 83.4 Å². The molecule has 57 heavy (non-hydrogen) atoms. The van der Waals surface area contributed by atoms with Gasteiger partial charge in [0.25, 0.3) is 0 Å². The third-order valence-electron chi connectivity index (χ3n) is 9.41. The van der Waals surface area contributed by atoms with Crippen molar-refractivity contribution in [3.05, 3.63) is 64.3 Å². The highest BCUT2D eigenvalue weighted by Crippen LogP contribution is 2.31. The van der Waals surface area contributed by atoms with Gasteiger partial charge in [-0.25, -0.2) is 9.78 Å². The number of carbonyl (C=O) groups is 1. The summed E-state index contributed by atoms with van der Waals surface area (Å²) in [5, 5.41) is 7.37. The number of nitrogens with zero attached hydrogens (tertiary/aromatic N) is 4. The molecule has 2 aromatic heterocycles. The molecule has 5 rings (SSSR count). The van der Waals surface area contributed by atoms with E-state index in [0.717, 1.165) is 90.7 Å². The SMILES string of the molecule is Cc1noc(C)c1-c1ccc2c(c1)nc(CCc1ccc(OCCOCCOCCOCCOCCNC(=O)OC(C)(C)C)c(Cl)c1)n2CC(C)N1CCOCC1. The number of aryl methyl sites for hydroxylation is 4. The second kappa shape index (κ2) is 22.4. The van der Waals surface area contributed by atoms with Gasteiger partial charge in [0.2, 0.25) is 0 Å². The Morgan fingerprint density at radius 1 is 0.895 bits per heavy atom. The van der Waals surface area contributed by atoms with Crippen LogP contribution >= 0.6 is 11.6 Å². The number of aromatic nitrogens is 3. The average molecular weight is 814 g/mol. The first-order valence-corrected chi connectivity index (χ1v) is 20.3. The Kier molecular flexibility index (Phi) is 17.4. The minimum Gasteiger partial charge on any atom is -0.490 e. The molecule has 0 radical (unpaired) electrons. The molecule has 314 valence electrons. The maximum atomic E-state index is 11.6. The largest absolute Gasteiger partial charge is 0.490 e. The van der Waals surface area contributed by atoms with Crippen LogP contribution in [0.5, 0.6) is 5.75 Å². The number of halogens is 1. The van der Waals surface area contributed by atoms with Crippen molar-refractivity contribution in [3.63, 3.8) is 0 Å². The zero-order chi connectivity index (χ0) is 40.6. The number of rotatable bonds is 23. The Bertz CT molecular complexity index is 1820. The normalized spacial score (nSPS) is 14.3. The van der Waals surface area contributed by atoms with E-state index < -0.39 is 11.7 Å². The summed E-state index contributed by atoms with van der Waals surface area (Å²) in [7, 11) is 0. The van der Waals surface area contributed by atoms with Crippen LogP contribution < -0.4 is 10.1 Å². The topological polar surface area (TPSA) is 141 Å². The van der Waals surface area contributed by atoms with E-state index in [0.29, 0.717) is 82.8 Å². The number of hydrogen-bond acceptors (Lipinski definition) is 12. The molecule has 0 saturated carbocycles. The van der Waals surface area contributed by atoms with Gasteiger partial charge < -0.3 is 47.6 Å². The number of ether oxygens (including phenoxy) is 7. The summed E-state index contributed by atoms with van der Waals surface area (Å²) in [5.74, 6) is 2.47. The third-order valence-corrected chi connectivity index (χ3v) is 9.71. The number of nitrogens with one attached hydrogen (secondary N) is 1. The van der Waals surface area contributed by atoms with E-state index in [1.54, 1.807) is 0 Å². The van der Waals surface area contributed by atoms with Crippen molar-refractivity contribution < 1.29 is 42.5 Å². The lowest BCUT2D eigenvalue weighted by Crippen LogP contribution is -2.44. The van der Waals surface area contributed by atoms with E-state index in [-0.39, 0.29) is 0 Å². The van der Waals surface area contributed by atoms with Gasteiger partial charge in [-0.3, -0.25) is 4.90 Å². The number of benzene rings is 2. The molecule has 0 aliphatic carbocycles. The van der Waals surface area contributed by atoms with Crippen LogP contribution in [0, 0.1) is 13.8 Å². The molecule has 1 unspecified atom stereocenters. The smallest absolute Gasteiger partial charge is 0.407 e. The summed E-state index contributed by atoms with van der Waals surface area (Å²) in [6.45, 7) is 20.1. The van der Waals surface area contributed by atoms with E-state index in [1.165, 1.54) is 0 Å². The van der Waals surface area contributed by atoms with Crippen molar-refractivity contribution in [2.45, 2.75) is 72.6 Å². The molecule has 4 aromatic rings. The fourth-order valence-corrected chi connectivity index (χ4v) is 6.87. The van der Waals surface area contributed by atoms with E-state index >= 15 is 0 Å². The van der Waals surface area contributed by atoms with Crippen molar-refractivity contribution >= 4 is 28.7 Å². The monoisotopic (exact) mass is 813 g/mol. The third kappa shape index (κ3) is 14.2. The van der Waals surface area contributed by atoms with Crippen LogP contribution in [0.2, 0.25) is 5.02 Å². The molecule has 1 atom stereocenters. The predicted molar refractivity (Wildman–Crippen MR) is 218 cm³/mol. The Labute approximate surface area is 341 Å². The number of alkyl carbamates (subject to hydrolysis) is 1. The van der Waals surface area contributed by atoms with E-state index in [4.69, 9.17) is 54.3 Å². The molecule has 15 heteroatoms. The van der Waals surface area contributed by atoms with Gasteiger partial charge in [-0.15, -0.1) is 0 Å². The molecular formula is C42H60ClN5O9. The van der Waals surface area contributed by atoms with E-state index in [2.05, 4.69) is 51.1 Å². The van der Waals surface area contributed by atoms with E-state index in [1.807, 2.05) is 46.8 Å². The molecule has 14 nitrogen and oxygen atoms in total. The summed E-state index contributed by atoms with van der Waals surface area (Å²) in [5.41, 5.74) is 5.62. The summed E-state index contributed by atoms with van der Waals surface area (Å²) < 4.78 is 46.7. The maximum absolute atomic E-state index is 11.6. The van der Waals surface area contributed by atoms with Gasteiger partial charge >= 0.3 is 6.09 Å². The number of hydrogen-bond donors (Lipinski definition) is 1. The molecule has 0 spiro atoms. The fourth-order valence-electron chi connectivity index (χ4n) is 6.61. The first-order valence-electron chi connectivity index (χ1n) is 19.9. The summed E-state index contributed by atoms with van der Waals surface area (Å²) in [6, 6.07) is 12.8. The van der Waals surface area contributed by atoms with Crippen LogP contribution in [0.15, 0.2) is 40.9 Å². The number of carbonyl (C=O) groups excluding carboxylic acids is 1. The highest BCUT2D eigenvalue weighted by Gasteiger charge is 2.22. The predicted octanol–water partition coefficient (Wildman–Crippen LogP) is 6.44. The lowest BCUT2D eigenvalue weighted by molar-refractivity contribution is -0.00455. The van der Waals surface area contributed by atoms with Crippen molar-refractivity contribution in [2.24, 2.45) is 0 Å². The average Bonchev–Trinajstić information content (AvgIpc) is 3.70. The summed E-state index contributed by atoms with van der Waals surface area (Å²) >= 11 is 6.67. The van der Waals surface area contributed by atoms with Crippen molar-refractivity contribution in [2.75, 3.05) is 92.3 Å². The van der Waals surface area contributed by atoms with Crippen LogP contribution in [0.25, 0.3) is 22.2 Å². The maximum Gasteiger partial charge on any atom is 0.407 e. The number of imidazole rings is 1. The van der Waals surface area contributed by atoms with Crippen LogP contribution in [0.3, 0.4) is 0 Å². The van der Waals surface area contributed by atoms with Gasteiger partial charge in [0.05, 0.1) is 87.8 Å². The van der Waals surface area contributed by atoms with Crippen LogP contribution in [-0.2, 0) is 47.8 Å². The molecule has 3 heterocycles. The Balaban J connectivity index is 0.998. The van der Waals surface area contributed by atoms with Crippen LogP contribution in [0.4, 0.5) is 4.79 Å². The van der Waals surface area contributed by atoms with Crippen LogP contribution in [0.1, 0.15) is 50.5 Å². The van der Waals surface area contributed by atoms with Crippen molar-refractivity contribution in [3.8, 4) is 16.9 Å². The Morgan fingerprint density at radius 3 is 2.19 bits per heavy atom.